The molecule has 2 atom stereocenters. The van der Waals surface area contributed by atoms with Crippen LogP contribution in [0.2, 0.25) is 0 Å². The zero-order valence-electron chi connectivity index (χ0n) is 8.54. The highest BCUT2D eigenvalue weighted by Crippen LogP contribution is 2.38. The van der Waals surface area contributed by atoms with Crippen molar-refractivity contribution >= 4 is 0 Å². The summed E-state index contributed by atoms with van der Waals surface area (Å²) >= 11 is 0. The Morgan fingerprint density at radius 2 is 1.31 bits per heavy atom. The summed E-state index contributed by atoms with van der Waals surface area (Å²) < 4.78 is 0. The second kappa shape index (κ2) is 4.45. The molecule has 0 aromatic carbocycles. The van der Waals surface area contributed by atoms with Crippen molar-refractivity contribution < 1.29 is 5.11 Å². The lowest BCUT2D eigenvalue weighted by molar-refractivity contribution is 0.0674. The first-order valence-electron chi connectivity index (χ1n) is 6.06. The maximum Gasteiger partial charge on any atom is 0.0571 e. The fourth-order valence-electron chi connectivity index (χ4n) is 3.25. The Morgan fingerprint density at radius 1 is 0.692 bits per heavy atom. The number of hydrogen-bond acceptors (Lipinski definition) is 1. The fourth-order valence-corrected chi connectivity index (χ4v) is 3.25. The van der Waals surface area contributed by atoms with Gasteiger partial charge in [-0.3, -0.25) is 0 Å². The first-order valence-corrected chi connectivity index (χ1v) is 6.06. The minimum atomic E-state index is 0.0330. The average Bonchev–Trinajstić information content (AvgIpc) is 2.56. The summed E-state index contributed by atoms with van der Waals surface area (Å²) in [5.74, 6) is 1.53. The van der Waals surface area contributed by atoms with E-state index < -0.39 is 0 Å². The van der Waals surface area contributed by atoms with Gasteiger partial charge in [-0.15, -0.1) is 0 Å². The molecule has 0 aliphatic heterocycles. The van der Waals surface area contributed by atoms with E-state index in [1.165, 1.54) is 51.4 Å². The van der Waals surface area contributed by atoms with Crippen LogP contribution in [-0.2, 0) is 0 Å². The van der Waals surface area contributed by atoms with Crippen LogP contribution in [0.15, 0.2) is 0 Å². The van der Waals surface area contributed by atoms with E-state index in [9.17, 15) is 5.11 Å². The van der Waals surface area contributed by atoms with Crippen LogP contribution in [0.4, 0.5) is 0 Å². The Bertz CT molecular complexity index is 149. The monoisotopic (exact) mass is 182 g/mol. The predicted octanol–water partition coefficient (Wildman–Crippen LogP) is 3.12. The predicted molar refractivity (Wildman–Crippen MR) is 54.5 cm³/mol. The molecule has 2 aliphatic rings. The summed E-state index contributed by atoms with van der Waals surface area (Å²) in [6.45, 7) is 0. The second-order valence-corrected chi connectivity index (χ2v) is 4.91. The smallest absolute Gasteiger partial charge is 0.0571 e. The van der Waals surface area contributed by atoms with Crippen LogP contribution >= 0.6 is 0 Å². The van der Waals surface area contributed by atoms with Crippen molar-refractivity contribution in [1.82, 2.24) is 0 Å². The van der Waals surface area contributed by atoms with Gasteiger partial charge >= 0.3 is 0 Å². The standard InChI is InChI=1S/C12H22O/c13-12-9-3-1-2-8-11(12)10-6-4-5-7-10/h10-13H,1-9H2/t11-,12+/m0/s1. The molecule has 1 N–H and O–H groups in total. The van der Waals surface area contributed by atoms with Gasteiger partial charge in [0.15, 0.2) is 0 Å². The largest absolute Gasteiger partial charge is 0.393 e. The van der Waals surface area contributed by atoms with E-state index in [2.05, 4.69) is 0 Å². The lowest BCUT2D eigenvalue weighted by Crippen LogP contribution is -2.25. The molecule has 0 radical (unpaired) electrons. The molecule has 1 nitrogen and oxygen atoms in total. The van der Waals surface area contributed by atoms with Crippen molar-refractivity contribution in [3.8, 4) is 0 Å². The Balaban J connectivity index is 1.93. The van der Waals surface area contributed by atoms with E-state index in [0.29, 0.717) is 5.92 Å². The van der Waals surface area contributed by atoms with Gasteiger partial charge in [-0.25, -0.2) is 0 Å². The first-order chi connectivity index (χ1) is 6.38. The lowest BCUT2D eigenvalue weighted by Gasteiger charge is -2.26. The van der Waals surface area contributed by atoms with E-state index in [0.717, 1.165) is 12.3 Å². The Labute approximate surface area is 81.5 Å². The molecule has 2 fully saturated rings. The molecule has 13 heavy (non-hydrogen) atoms. The highest BCUT2D eigenvalue weighted by molar-refractivity contribution is 4.82. The minimum Gasteiger partial charge on any atom is -0.393 e. The maximum atomic E-state index is 10.0. The van der Waals surface area contributed by atoms with Crippen LogP contribution < -0.4 is 0 Å². The Morgan fingerprint density at radius 3 is 2.08 bits per heavy atom. The number of aliphatic hydroxyl groups excluding tert-OH is 1. The molecule has 0 bridgehead atoms. The van der Waals surface area contributed by atoms with Gasteiger partial charge < -0.3 is 5.11 Å². The molecular formula is C12H22O. The second-order valence-electron chi connectivity index (χ2n) is 4.91. The SMILES string of the molecule is O[C@@H]1CCCCC[C@H]1C1CCCC1. The molecule has 0 amide bonds. The molecule has 0 spiro atoms. The third kappa shape index (κ3) is 2.25. The third-order valence-electron chi connectivity index (χ3n) is 4.04. The molecule has 1 heteroatoms. The molecule has 0 aromatic rings. The fraction of sp³-hybridized carbons (Fsp3) is 1.00. The quantitative estimate of drug-likeness (QED) is 0.618. The summed E-state index contributed by atoms with van der Waals surface area (Å²) in [5.41, 5.74) is 0. The van der Waals surface area contributed by atoms with E-state index in [1.807, 2.05) is 0 Å². The summed E-state index contributed by atoms with van der Waals surface area (Å²) in [6, 6.07) is 0. The molecule has 0 aromatic heterocycles. The van der Waals surface area contributed by atoms with Gasteiger partial charge in [0, 0.05) is 0 Å². The van der Waals surface area contributed by atoms with Crippen LogP contribution in [0, 0.1) is 11.8 Å². The molecule has 76 valence electrons. The first kappa shape index (κ1) is 9.51. The van der Waals surface area contributed by atoms with Gasteiger partial charge in [-0.1, -0.05) is 44.9 Å². The highest BCUT2D eigenvalue weighted by atomic mass is 16.3. The van der Waals surface area contributed by atoms with Gasteiger partial charge in [0.1, 0.15) is 0 Å². The number of rotatable bonds is 1. The van der Waals surface area contributed by atoms with E-state index in [4.69, 9.17) is 0 Å². The van der Waals surface area contributed by atoms with E-state index in [1.54, 1.807) is 0 Å². The zero-order chi connectivity index (χ0) is 9.10. The third-order valence-corrected chi connectivity index (χ3v) is 4.04. The van der Waals surface area contributed by atoms with Crippen LogP contribution in [0.5, 0.6) is 0 Å². The molecule has 0 saturated heterocycles. The zero-order valence-corrected chi connectivity index (χ0v) is 8.54. The van der Waals surface area contributed by atoms with Crippen molar-refractivity contribution in [1.29, 1.82) is 0 Å². The van der Waals surface area contributed by atoms with Gasteiger partial charge in [0.25, 0.3) is 0 Å². The normalized spacial score (nSPS) is 37.6. The van der Waals surface area contributed by atoms with Crippen molar-refractivity contribution in [3.05, 3.63) is 0 Å². The molecule has 2 rings (SSSR count). The van der Waals surface area contributed by atoms with E-state index >= 15 is 0 Å². The van der Waals surface area contributed by atoms with Crippen LogP contribution in [0.3, 0.4) is 0 Å². The lowest BCUT2D eigenvalue weighted by atomic mass is 9.83. The van der Waals surface area contributed by atoms with Crippen molar-refractivity contribution in [3.63, 3.8) is 0 Å². The molecule has 0 unspecified atom stereocenters. The highest BCUT2D eigenvalue weighted by Gasteiger charge is 2.30. The summed E-state index contributed by atoms with van der Waals surface area (Å²) in [5, 5.41) is 10.0. The van der Waals surface area contributed by atoms with Crippen LogP contribution in [0.25, 0.3) is 0 Å². The van der Waals surface area contributed by atoms with Gasteiger partial charge in [-0.05, 0) is 24.7 Å². The number of hydrogen-bond donors (Lipinski definition) is 1. The summed E-state index contributed by atoms with van der Waals surface area (Å²) in [6.07, 6.45) is 12.0. The van der Waals surface area contributed by atoms with Gasteiger partial charge in [0.05, 0.1) is 6.10 Å². The Hall–Kier alpha value is -0.0400. The number of aliphatic hydroxyl groups is 1. The summed E-state index contributed by atoms with van der Waals surface area (Å²) in [4.78, 5) is 0. The van der Waals surface area contributed by atoms with E-state index in [-0.39, 0.29) is 6.10 Å². The molecular weight excluding hydrogens is 160 g/mol. The van der Waals surface area contributed by atoms with Gasteiger partial charge in [0.2, 0.25) is 0 Å². The molecule has 2 aliphatic carbocycles. The molecule has 2 saturated carbocycles. The van der Waals surface area contributed by atoms with Crippen LogP contribution in [-0.4, -0.2) is 11.2 Å². The molecule has 0 heterocycles. The topological polar surface area (TPSA) is 20.2 Å². The van der Waals surface area contributed by atoms with Crippen molar-refractivity contribution in [2.75, 3.05) is 0 Å². The average molecular weight is 182 g/mol. The van der Waals surface area contributed by atoms with Crippen molar-refractivity contribution in [2.45, 2.75) is 63.9 Å². The van der Waals surface area contributed by atoms with Crippen molar-refractivity contribution in [2.24, 2.45) is 11.8 Å². The van der Waals surface area contributed by atoms with Crippen LogP contribution in [0.1, 0.15) is 57.8 Å². The maximum absolute atomic E-state index is 10.0. The Kier molecular flexibility index (Phi) is 3.26. The minimum absolute atomic E-state index is 0.0330. The van der Waals surface area contributed by atoms with Gasteiger partial charge in [-0.2, -0.15) is 0 Å². The summed E-state index contributed by atoms with van der Waals surface area (Å²) in [7, 11) is 0.